The first-order valence-electron chi connectivity index (χ1n) is 6.16. The van der Waals surface area contributed by atoms with Crippen LogP contribution < -0.4 is 5.73 Å². The molecule has 0 saturated carbocycles. The number of nitrogens with zero attached hydrogens (tertiary/aromatic N) is 1. The first-order valence-corrected chi connectivity index (χ1v) is 6.16. The Morgan fingerprint density at radius 2 is 1.95 bits per heavy atom. The maximum Gasteiger partial charge on any atom is 0.263 e. The number of carbonyl (C=O) groups excluding carboxylic acids is 1. The van der Waals surface area contributed by atoms with E-state index in [1.807, 2.05) is 30.3 Å². The number of likely N-dealkylation sites (N-methyl/N-ethyl adjacent to an activating group) is 1. The third-order valence-corrected chi connectivity index (χ3v) is 3.17. The molecular formula is C15H18N2O2. The zero-order valence-corrected chi connectivity index (χ0v) is 11.2. The van der Waals surface area contributed by atoms with Crippen molar-refractivity contribution in [2.24, 2.45) is 5.73 Å². The number of hydrogen-bond acceptors (Lipinski definition) is 3. The third kappa shape index (κ3) is 3.10. The van der Waals surface area contributed by atoms with Gasteiger partial charge in [0.1, 0.15) is 0 Å². The normalized spacial score (nSPS) is 12.4. The third-order valence-electron chi connectivity index (χ3n) is 3.17. The van der Waals surface area contributed by atoms with Crippen LogP contribution in [0.25, 0.3) is 10.8 Å². The van der Waals surface area contributed by atoms with E-state index in [0.29, 0.717) is 6.42 Å². The number of amides is 1. The summed E-state index contributed by atoms with van der Waals surface area (Å²) in [6.45, 7) is 0. The first-order chi connectivity index (χ1) is 9.11. The molecule has 100 valence electrons. The van der Waals surface area contributed by atoms with E-state index in [1.54, 1.807) is 7.05 Å². The molecule has 0 heterocycles. The monoisotopic (exact) mass is 258 g/mol. The lowest BCUT2D eigenvalue weighted by atomic mass is 10.0. The van der Waals surface area contributed by atoms with Gasteiger partial charge < -0.3 is 5.73 Å². The molecule has 19 heavy (non-hydrogen) atoms. The highest BCUT2D eigenvalue weighted by atomic mass is 16.7. The van der Waals surface area contributed by atoms with Crippen molar-refractivity contribution in [3.63, 3.8) is 0 Å². The van der Waals surface area contributed by atoms with Gasteiger partial charge >= 0.3 is 0 Å². The summed E-state index contributed by atoms with van der Waals surface area (Å²) in [7, 11) is 3.00. The maximum atomic E-state index is 11.8. The molecule has 0 aliphatic rings. The fraction of sp³-hybridized carbons (Fsp3) is 0.267. The SMILES string of the molecule is CON(C)C(=O)C(N)Cc1ccc2ccccc2c1. The Kier molecular flexibility index (Phi) is 4.14. The number of nitrogens with two attached hydrogens (primary N) is 1. The molecule has 1 unspecified atom stereocenters. The largest absolute Gasteiger partial charge is 0.320 e. The second-order valence-electron chi connectivity index (χ2n) is 4.51. The summed E-state index contributed by atoms with van der Waals surface area (Å²) in [6, 6.07) is 13.6. The number of fused-ring (bicyclic) bond motifs is 1. The molecule has 0 saturated heterocycles. The van der Waals surface area contributed by atoms with Crippen LogP contribution in [0.3, 0.4) is 0 Å². The van der Waals surface area contributed by atoms with Crippen LogP contribution in [0.2, 0.25) is 0 Å². The zero-order chi connectivity index (χ0) is 13.8. The standard InChI is InChI=1S/C15H18N2O2/c1-17(19-2)15(18)14(16)10-11-7-8-12-5-3-4-6-13(12)9-11/h3-9,14H,10,16H2,1-2H3. The highest BCUT2D eigenvalue weighted by molar-refractivity contribution is 5.84. The average Bonchev–Trinajstić information content (AvgIpc) is 2.45. The Balaban J connectivity index is 2.15. The van der Waals surface area contributed by atoms with Gasteiger partial charge in [0.15, 0.2) is 0 Å². The molecule has 4 nitrogen and oxygen atoms in total. The highest BCUT2D eigenvalue weighted by Crippen LogP contribution is 2.16. The molecule has 0 aromatic heterocycles. The lowest BCUT2D eigenvalue weighted by Crippen LogP contribution is -2.42. The van der Waals surface area contributed by atoms with Gasteiger partial charge in [0, 0.05) is 7.05 Å². The summed E-state index contributed by atoms with van der Waals surface area (Å²) in [5.41, 5.74) is 6.94. The minimum atomic E-state index is -0.592. The summed E-state index contributed by atoms with van der Waals surface area (Å²) >= 11 is 0. The minimum Gasteiger partial charge on any atom is -0.320 e. The van der Waals surface area contributed by atoms with Gasteiger partial charge in [-0.15, -0.1) is 0 Å². The van der Waals surface area contributed by atoms with E-state index in [0.717, 1.165) is 16.0 Å². The Morgan fingerprint density at radius 1 is 1.26 bits per heavy atom. The molecule has 2 rings (SSSR count). The Bertz CT molecular complexity index is 583. The van der Waals surface area contributed by atoms with Crippen molar-refractivity contribution >= 4 is 16.7 Å². The van der Waals surface area contributed by atoms with E-state index in [9.17, 15) is 4.79 Å². The number of benzene rings is 2. The van der Waals surface area contributed by atoms with E-state index < -0.39 is 6.04 Å². The van der Waals surface area contributed by atoms with E-state index in [-0.39, 0.29) is 5.91 Å². The van der Waals surface area contributed by atoms with Crippen LogP contribution in [0, 0.1) is 0 Å². The van der Waals surface area contributed by atoms with Gasteiger partial charge in [-0.25, -0.2) is 5.06 Å². The van der Waals surface area contributed by atoms with E-state index in [2.05, 4.69) is 12.1 Å². The molecule has 4 heteroatoms. The van der Waals surface area contributed by atoms with Crippen LogP contribution in [0.15, 0.2) is 42.5 Å². The molecule has 2 aromatic rings. The molecule has 0 fully saturated rings. The van der Waals surface area contributed by atoms with Crippen molar-refractivity contribution in [3.8, 4) is 0 Å². The predicted molar refractivity (Wildman–Crippen MR) is 75.4 cm³/mol. The number of hydroxylamine groups is 2. The van der Waals surface area contributed by atoms with Gasteiger partial charge in [0.25, 0.3) is 5.91 Å². The molecule has 1 amide bonds. The average molecular weight is 258 g/mol. The van der Waals surface area contributed by atoms with E-state index in [4.69, 9.17) is 10.6 Å². The van der Waals surface area contributed by atoms with Crippen molar-refractivity contribution in [1.82, 2.24) is 5.06 Å². The molecule has 0 radical (unpaired) electrons. The topological polar surface area (TPSA) is 55.6 Å². The summed E-state index contributed by atoms with van der Waals surface area (Å²) in [5.74, 6) is -0.226. The Morgan fingerprint density at radius 3 is 2.63 bits per heavy atom. The Hall–Kier alpha value is -1.91. The molecule has 0 spiro atoms. The van der Waals surface area contributed by atoms with Crippen molar-refractivity contribution in [2.75, 3.05) is 14.2 Å². The van der Waals surface area contributed by atoms with Gasteiger partial charge in [0.2, 0.25) is 0 Å². The molecule has 1 atom stereocenters. The van der Waals surface area contributed by atoms with Gasteiger partial charge in [-0.1, -0.05) is 42.5 Å². The lowest BCUT2D eigenvalue weighted by molar-refractivity contribution is -0.170. The molecule has 2 aromatic carbocycles. The van der Waals surface area contributed by atoms with Gasteiger partial charge in [-0.2, -0.15) is 0 Å². The quantitative estimate of drug-likeness (QED) is 0.850. The van der Waals surface area contributed by atoms with Crippen molar-refractivity contribution in [2.45, 2.75) is 12.5 Å². The maximum absolute atomic E-state index is 11.8. The summed E-state index contributed by atoms with van der Waals surface area (Å²) in [5, 5.41) is 3.49. The van der Waals surface area contributed by atoms with Crippen LogP contribution in [0.4, 0.5) is 0 Å². The second kappa shape index (κ2) is 5.82. The Labute approximate surface area is 112 Å². The molecule has 0 bridgehead atoms. The summed E-state index contributed by atoms with van der Waals surface area (Å²) < 4.78 is 0. The first kappa shape index (κ1) is 13.5. The smallest absolute Gasteiger partial charge is 0.263 e. The van der Waals surface area contributed by atoms with Gasteiger partial charge in [-0.05, 0) is 22.8 Å². The van der Waals surface area contributed by atoms with Gasteiger partial charge in [-0.3, -0.25) is 9.63 Å². The van der Waals surface area contributed by atoms with Crippen LogP contribution in [-0.2, 0) is 16.1 Å². The van der Waals surface area contributed by atoms with Gasteiger partial charge in [0.05, 0.1) is 13.2 Å². The van der Waals surface area contributed by atoms with Crippen LogP contribution in [0.1, 0.15) is 5.56 Å². The highest BCUT2D eigenvalue weighted by Gasteiger charge is 2.18. The molecular weight excluding hydrogens is 240 g/mol. The molecule has 0 aliphatic carbocycles. The zero-order valence-electron chi connectivity index (χ0n) is 11.2. The van der Waals surface area contributed by atoms with Crippen LogP contribution in [-0.4, -0.2) is 31.2 Å². The summed E-state index contributed by atoms with van der Waals surface area (Å²) in [6.07, 6.45) is 0.497. The second-order valence-corrected chi connectivity index (χ2v) is 4.51. The fourth-order valence-electron chi connectivity index (χ4n) is 2.03. The summed E-state index contributed by atoms with van der Waals surface area (Å²) in [4.78, 5) is 16.7. The predicted octanol–water partition coefficient (Wildman–Crippen LogP) is 1.73. The van der Waals surface area contributed by atoms with Crippen molar-refractivity contribution in [1.29, 1.82) is 0 Å². The lowest BCUT2D eigenvalue weighted by Gasteiger charge is -2.18. The van der Waals surface area contributed by atoms with E-state index >= 15 is 0 Å². The van der Waals surface area contributed by atoms with E-state index in [1.165, 1.54) is 12.5 Å². The fourth-order valence-corrected chi connectivity index (χ4v) is 2.03. The van der Waals surface area contributed by atoms with Crippen LogP contribution in [0.5, 0.6) is 0 Å². The minimum absolute atomic E-state index is 0.226. The van der Waals surface area contributed by atoms with Crippen molar-refractivity contribution in [3.05, 3.63) is 48.0 Å². The molecule has 0 aliphatic heterocycles. The van der Waals surface area contributed by atoms with Crippen molar-refractivity contribution < 1.29 is 9.63 Å². The number of carbonyl (C=O) groups is 1. The number of hydrogen-bond donors (Lipinski definition) is 1. The molecule has 2 N–H and O–H groups in total. The van der Waals surface area contributed by atoms with Crippen LogP contribution >= 0.6 is 0 Å². The number of rotatable bonds is 4.